The molecular weight excluding hydrogens is 270 g/mol. The highest BCUT2D eigenvalue weighted by Crippen LogP contribution is 2.15. The largest absolute Gasteiger partial charge is 0.475 e. The van der Waals surface area contributed by atoms with Gasteiger partial charge in [0.15, 0.2) is 0 Å². The van der Waals surface area contributed by atoms with E-state index in [4.69, 9.17) is 9.47 Å². The van der Waals surface area contributed by atoms with Gasteiger partial charge >= 0.3 is 6.03 Å². The van der Waals surface area contributed by atoms with Gasteiger partial charge in [-0.15, -0.1) is 0 Å². The molecule has 1 aromatic heterocycles. The number of aromatic nitrogens is 1. The third-order valence-corrected chi connectivity index (χ3v) is 3.21. The lowest BCUT2D eigenvalue weighted by Gasteiger charge is -2.14. The minimum atomic E-state index is -0.179. The Balaban J connectivity index is 1.77. The van der Waals surface area contributed by atoms with Crippen LogP contribution in [0.4, 0.5) is 4.79 Å². The van der Waals surface area contributed by atoms with Crippen molar-refractivity contribution < 1.29 is 14.3 Å². The molecule has 6 nitrogen and oxygen atoms in total. The summed E-state index contributed by atoms with van der Waals surface area (Å²) in [6.45, 7) is 6.45. The average Bonchev–Trinajstić information content (AvgIpc) is 2.97. The van der Waals surface area contributed by atoms with Gasteiger partial charge in [-0.05, 0) is 26.3 Å². The molecule has 1 aliphatic heterocycles. The van der Waals surface area contributed by atoms with Gasteiger partial charge in [0, 0.05) is 37.4 Å². The first-order chi connectivity index (χ1) is 10.1. The van der Waals surface area contributed by atoms with Gasteiger partial charge in [0.25, 0.3) is 0 Å². The van der Waals surface area contributed by atoms with Crippen LogP contribution in [-0.4, -0.2) is 36.9 Å². The maximum Gasteiger partial charge on any atom is 0.315 e. The number of rotatable bonds is 6. The number of urea groups is 1. The monoisotopic (exact) mass is 293 g/mol. The summed E-state index contributed by atoms with van der Waals surface area (Å²) < 4.78 is 10.9. The summed E-state index contributed by atoms with van der Waals surface area (Å²) in [7, 11) is 0. The smallest absolute Gasteiger partial charge is 0.315 e. The number of nitrogens with one attached hydrogen (secondary N) is 2. The first-order valence-electron chi connectivity index (χ1n) is 7.35. The predicted molar refractivity (Wildman–Crippen MR) is 79.2 cm³/mol. The topological polar surface area (TPSA) is 72.5 Å². The highest BCUT2D eigenvalue weighted by Gasteiger charge is 2.16. The Morgan fingerprint density at radius 3 is 3.10 bits per heavy atom. The molecule has 0 saturated carbocycles. The zero-order chi connectivity index (χ0) is 15.1. The number of nitrogens with zero attached hydrogens (tertiary/aromatic N) is 1. The van der Waals surface area contributed by atoms with E-state index in [1.807, 2.05) is 26.0 Å². The Kier molecular flexibility index (Phi) is 5.80. The second-order valence-corrected chi connectivity index (χ2v) is 5.43. The molecule has 1 atom stereocenters. The number of carbonyl (C=O) groups excluding carboxylic acids is 1. The zero-order valence-electron chi connectivity index (χ0n) is 12.6. The molecule has 2 N–H and O–H groups in total. The number of hydrogen-bond acceptors (Lipinski definition) is 4. The molecule has 0 aliphatic carbocycles. The molecule has 21 heavy (non-hydrogen) atoms. The third kappa shape index (κ3) is 5.23. The number of pyridine rings is 1. The van der Waals surface area contributed by atoms with Crippen LogP contribution in [0.15, 0.2) is 18.3 Å². The molecule has 6 heteroatoms. The molecule has 0 radical (unpaired) electrons. The van der Waals surface area contributed by atoms with E-state index in [9.17, 15) is 4.79 Å². The maximum atomic E-state index is 11.8. The molecule has 0 spiro atoms. The minimum Gasteiger partial charge on any atom is -0.475 e. The number of carbonyl (C=O) groups is 1. The van der Waals surface area contributed by atoms with Gasteiger partial charge in [0.05, 0.1) is 12.7 Å². The molecule has 1 fully saturated rings. The van der Waals surface area contributed by atoms with Crippen molar-refractivity contribution in [1.29, 1.82) is 0 Å². The van der Waals surface area contributed by atoms with Crippen molar-refractivity contribution in [3.8, 4) is 5.88 Å². The van der Waals surface area contributed by atoms with Gasteiger partial charge < -0.3 is 20.1 Å². The summed E-state index contributed by atoms with van der Waals surface area (Å²) in [6.07, 6.45) is 2.74. The minimum absolute atomic E-state index is 0.0508. The fourth-order valence-electron chi connectivity index (χ4n) is 2.11. The number of amides is 2. The van der Waals surface area contributed by atoms with Crippen molar-refractivity contribution in [2.24, 2.45) is 5.92 Å². The SMILES string of the molecule is CC(C)Oc1ncccc1CNC(=O)NC[C@@H]1CCOC1. The molecular formula is C15H23N3O3. The van der Waals surface area contributed by atoms with Crippen LogP contribution in [0.2, 0.25) is 0 Å². The van der Waals surface area contributed by atoms with Crippen LogP contribution in [0.25, 0.3) is 0 Å². The molecule has 1 saturated heterocycles. The van der Waals surface area contributed by atoms with Crippen LogP contribution < -0.4 is 15.4 Å². The van der Waals surface area contributed by atoms with Crippen LogP contribution in [0.3, 0.4) is 0 Å². The quantitative estimate of drug-likeness (QED) is 0.837. The van der Waals surface area contributed by atoms with Crippen molar-refractivity contribution in [2.75, 3.05) is 19.8 Å². The van der Waals surface area contributed by atoms with Crippen molar-refractivity contribution in [1.82, 2.24) is 15.6 Å². The Bertz CT molecular complexity index is 459. The van der Waals surface area contributed by atoms with E-state index >= 15 is 0 Å². The van der Waals surface area contributed by atoms with Crippen molar-refractivity contribution >= 4 is 6.03 Å². The van der Waals surface area contributed by atoms with Gasteiger partial charge in [-0.1, -0.05) is 6.07 Å². The lowest BCUT2D eigenvalue weighted by atomic mass is 10.1. The second kappa shape index (κ2) is 7.83. The molecule has 2 heterocycles. The molecule has 1 aromatic rings. The molecule has 116 valence electrons. The van der Waals surface area contributed by atoms with Crippen molar-refractivity contribution in [2.45, 2.75) is 32.9 Å². The maximum absolute atomic E-state index is 11.8. The summed E-state index contributed by atoms with van der Waals surface area (Å²) in [5.41, 5.74) is 0.866. The Labute approximate surface area is 125 Å². The lowest BCUT2D eigenvalue weighted by molar-refractivity contribution is 0.185. The summed E-state index contributed by atoms with van der Waals surface area (Å²) >= 11 is 0. The van der Waals surface area contributed by atoms with Crippen molar-refractivity contribution in [3.05, 3.63) is 23.9 Å². The summed E-state index contributed by atoms with van der Waals surface area (Å²) in [5.74, 6) is 0.992. The molecule has 0 aromatic carbocycles. The highest BCUT2D eigenvalue weighted by molar-refractivity contribution is 5.73. The molecule has 0 bridgehead atoms. The molecule has 0 unspecified atom stereocenters. The normalized spacial score (nSPS) is 17.8. The molecule has 2 amide bonds. The third-order valence-electron chi connectivity index (χ3n) is 3.21. The molecule has 1 aliphatic rings. The van der Waals surface area contributed by atoms with Crippen LogP contribution in [-0.2, 0) is 11.3 Å². The van der Waals surface area contributed by atoms with E-state index in [2.05, 4.69) is 15.6 Å². The zero-order valence-corrected chi connectivity index (χ0v) is 12.6. The second-order valence-electron chi connectivity index (χ2n) is 5.43. The van der Waals surface area contributed by atoms with Gasteiger partial charge in [-0.3, -0.25) is 0 Å². The van der Waals surface area contributed by atoms with Crippen molar-refractivity contribution in [3.63, 3.8) is 0 Å². The highest BCUT2D eigenvalue weighted by atomic mass is 16.5. The fourth-order valence-corrected chi connectivity index (χ4v) is 2.11. The van der Waals surface area contributed by atoms with Gasteiger partial charge in [-0.2, -0.15) is 0 Å². The van der Waals surface area contributed by atoms with Crippen LogP contribution in [0.1, 0.15) is 25.8 Å². The molecule has 2 rings (SSSR count). The number of ether oxygens (including phenoxy) is 2. The van der Waals surface area contributed by atoms with E-state index in [1.54, 1.807) is 6.20 Å². The van der Waals surface area contributed by atoms with E-state index in [1.165, 1.54) is 0 Å². The fraction of sp³-hybridized carbons (Fsp3) is 0.600. The van der Waals surface area contributed by atoms with Gasteiger partial charge in [0.2, 0.25) is 5.88 Å². The van der Waals surface area contributed by atoms with Gasteiger partial charge in [0.1, 0.15) is 0 Å². The summed E-state index contributed by atoms with van der Waals surface area (Å²) in [4.78, 5) is 16.0. The summed E-state index contributed by atoms with van der Waals surface area (Å²) in [6, 6.07) is 3.55. The van der Waals surface area contributed by atoms with E-state index < -0.39 is 0 Å². The Morgan fingerprint density at radius 1 is 1.52 bits per heavy atom. The first-order valence-corrected chi connectivity index (χ1v) is 7.35. The van der Waals surface area contributed by atoms with Gasteiger partial charge in [-0.25, -0.2) is 9.78 Å². The van der Waals surface area contributed by atoms with E-state index in [0.29, 0.717) is 24.9 Å². The van der Waals surface area contributed by atoms with Crippen LogP contribution in [0.5, 0.6) is 5.88 Å². The Hall–Kier alpha value is -1.82. The standard InChI is InChI=1S/C15H23N3O3/c1-11(2)21-14-13(4-3-6-16-14)9-18-15(19)17-8-12-5-7-20-10-12/h3-4,6,11-12H,5,7-10H2,1-2H3,(H2,17,18,19)/t12-/m0/s1. The average molecular weight is 293 g/mol. The number of hydrogen-bond donors (Lipinski definition) is 2. The van der Waals surface area contributed by atoms with E-state index in [-0.39, 0.29) is 12.1 Å². The Morgan fingerprint density at radius 2 is 2.38 bits per heavy atom. The van der Waals surface area contributed by atoms with Crippen LogP contribution >= 0.6 is 0 Å². The lowest BCUT2D eigenvalue weighted by Crippen LogP contribution is -2.38. The summed E-state index contributed by atoms with van der Waals surface area (Å²) in [5, 5.41) is 5.69. The van der Waals surface area contributed by atoms with Crippen LogP contribution in [0, 0.1) is 5.92 Å². The predicted octanol–water partition coefficient (Wildman–Crippen LogP) is 1.70. The first kappa shape index (κ1) is 15.6. The van der Waals surface area contributed by atoms with E-state index in [0.717, 1.165) is 25.2 Å².